The fourth-order valence-electron chi connectivity index (χ4n) is 1.72. The molecule has 0 saturated carbocycles. The van der Waals surface area contributed by atoms with Gasteiger partial charge in [-0.1, -0.05) is 0 Å². The van der Waals surface area contributed by atoms with Gasteiger partial charge in [-0.3, -0.25) is 4.79 Å². The first kappa shape index (κ1) is 16.6. The topological polar surface area (TPSA) is 54.0 Å². The molecule has 0 radical (unpaired) electrons. The van der Waals surface area contributed by atoms with Crippen molar-refractivity contribution in [3.8, 4) is 0 Å². The van der Waals surface area contributed by atoms with E-state index in [2.05, 4.69) is 15.6 Å². The van der Waals surface area contributed by atoms with E-state index in [0.717, 1.165) is 30.9 Å². The third-order valence-electron chi connectivity index (χ3n) is 2.56. The van der Waals surface area contributed by atoms with Crippen LogP contribution in [0.1, 0.15) is 17.8 Å². The second-order valence-corrected chi connectivity index (χ2v) is 4.67. The molecule has 1 saturated heterocycles. The maximum Gasteiger partial charge on any atom is 0.224 e. The Kier molecular flexibility index (Phi) is 8.51. The molecule has 1 fully saturated rings. The van der Waals surface area contributed by atoms with E-state index in [1.165, 1.54) is 0 Å². The smallest absolute Gasteiger partial charge is 0.224 e. The lowest BCUT2D eigenvalue weighted by atomic mass is 9.99. The summed E-state index contributed by atoms with van der Waals surface area (Å²) in [5, 5.41) is 9.04. The molecule has 4 nitrogen and oxygen atoms in total. The molecule has 2 rings (SSSR count). The number of nitrogens with one attached hydrogen (secondary N) is 2. The first-order valence-electron chi connectivity index (χ1n) is 5.23. The van der Waals surface area contributed by atoms with Crippen LogP contribution in [0, 0.1) is 5.92 Å². The van der Waals surface area contributed by atoms with Crippen LogP contribution in [-0.4, -0.2) is 24.0 Å². The van der Waals surface area contributed by atoms with Crippen LogP contribution >= 0.6 is 36.2 Å². The highest BCUT2D eigenvalue weighted by atomic mass is 35.5. The molecule has 2 heterocycles. The lowest BCUT2D eigenvalue weighted by molar-refractivity contribution is -0.125. The average Bonchev–Trinajstić information content (AvgIpc) is 2.80. The van der Waals surface area contributed by atoms with Gasteiger partial charge in [0.1, 0.15) is 5.01 Å². The van der Waals surface area contributed by atoms with Crippen molar-refractivity contribution in [3.63, 3.8) is 0 Å². The molecule has 98 valence electrons. The van der Waals surface area contributed by atoms with Crippen molar-refractivity contribution in [1.82, 2.24) is 15.6 Å². The molecular formula is C10H17Cl2N3OS. The third-order valence-corrected chi connectivity index (χ3v) is 3.34. The number of rotatable bonds is 3. The van der Waals surface area contributed by atoms with Crippen molar-refractivity contribution >= 4 is 42.1 Å². The first-order valence-corrected chi connectivity index (χ1v) is 6.11. The number of amides is 1. The summed E-state index contributed by atoms with van der Waals surface area (Å²) in [5.41, 5.74) is 0. The Morgan fingerprint density at radius 2 is 2.41 bits per heavy atom. The second-order valence-electron chi connectivity index (χ2n) is 3.69. The number of aromatic nitrogens is 1. The van der Waals surface area contributed by atoms with Crippen LogP contribution in [-0.2, 0) is 11.3 Å². The van der Waals surface area contributed by atoms with E-state index in [9.17, 15) is 4.79 Å². The molecule has 0 unspecified atom stereocenters. The molecule has 1 amide bonds. The van der Waals surface area contributed by atoms with E-state index < -0.39 is 0 Å². The summed E-state index contributed by atoms with van der Waals surface area (Å²) in [7, 11) is 0. The number of halogens is 2. The van der Waals surface area contributed by atoms with Gasteiger partial charge in [0.2, 0.25) is 5.91 Å². The highest BCUT2D eigenvalue weighted by Crippen LogP contribution is 2.10. The van der Waals surface area contributed by atoms with Crippen LogP contribution in [0.3, 0.4) is 0 Å². The van der Waals surface area contributed by atoms with Crippen molar-refractivity contribution in [2.24, 2.45) is 5.92 Å². The van der Waals surface area contributed by atoms with E-state index in [0.29, 0.717) is 6.54 Å². The summed E-state index contributed by atoms with van der Waals surface area (Å²) in [6, 6.07) is 0. The molecule has 1 aliphatic rings. The van der Waals surface area contributed by atoms with Gasteiger partial charge in [0.15, 0.2) is 0 Å². The molecule has 1 aliphatic heterocycles. The van der Waals surface area contributed by atoms with Crippen molar-refractivity contribution in [2.75, 3.05) is 13.1 Å². The highest BCUT2D eigenvalue weighted by Gasteiger charge is 2.20. The van der Waals surface area contributed by atoms with Crippen LogP contribution in [0.5, 0.6) is 0 Å². The number of carbonyl (C=O) groups is 1. The zero-order valence-electron chi connectivity index (χ0n) is 9.35. The Bertz CT molecular complexity index is 315. The van der Waals surface area contributed by atoms with Gasteiger partial charge in [0.25, 0.3) is 0 Å². The number of nitrogens with zero attached hydrogens (tertiary/aromatic N) is 1. The SMILES string of the molecule is Cl.Cl.O=C(NCc1nccs1)[C@@H]1CCCNC1. The maximum atomic E-state index is 11.7. The molecule has 2 N–H and O–H groups in total. The summed E-state index contributed by atoms with van der Waals surface area (Å²) in [4.78, 5) is 15.8. The van der Waals surface area contributed by atoms with Gasteiger partial charge >= 0.3 is 0 Å². The highest BCUT2D eigenvalue weighted by molar-refractivity contribution is 7.09. The maximum absolute atomic E-state index is 11.7. The van der Waals surface area contributed by atoms with Gasteiger partial charge in [0.05, 0.1) is 12.5 Å². The molecule has 0 bridgehead atoms. The van der Waals surface area contributed by atoms with E-state index in [1.807, 2.05) is 5.38 Å². The summed E-state index contributed by atoms with van der Waals surface area (Å²) >= 11 is 1.57. The molecule has 1 atom stereocenters. The predicted molar refractivity (Wildman–Crippen MR) is 74.1 cm³/mol. The lowest BCUT2D eigenvalue weighted by Crippen LogP contribution is -2.40. The van der Waals surface area contributed by atoms with Gasteiger partial charge in [-0.2, -0.15) is 0 Å². The van der Waals surface area contributed by atoms with E-state index in [1.54, 1.807) is 17.5 Å². The predicted octanol–water partition coefficient (Wildman–Crippen LogP) is 1.60. The minimum atomic E-state index is 0. The summed E-state index contributed by atoms with van der Waals surface area (Å²) in [6.45, 7) is 2.41. The molecule has 0 aliphatic carbocycles. The summed E-state index contributed by atoms with van der Waals surface area (Å²) in [5.74, 6) is 0.288. The average molecular weight is 298 g/mol. The molecule has 0 spiro atoms. The molecule has 7 heteroatoms. The van der Waals surface area contributed by atoms with Crippen molar-refractivity contribution in [3.05, 3.63) is 16.6 Å². The summed E-state index contributed by atoms with van der Waals surface area (Å²) in [6.07, 6.45) is 3.85. The molecular weight excluding hydrogens is 281 g/mol. The Morgan fingerprint density at radius 3 is 3.00 bits per heavy atom. The summed E-state index contributed by atoms with van der Waals surface area (Å²) < 4.78 is 0. The number of thiazole rings is 1. The van der Waals surface area contributed by atoms with Crippen LogP contribution in [0.25, 0.3) is 0 Å². The minimum absolute atomic E-state index is 0. The molecule has 17 heavy (non-hydrogen) atoms. The Balaban J connectivity index is 0.00000128. The molecule has 1 aromatic rings. The fourth-order valence-corrected chi connectivity index (χ4v) is 2.28. The van der Waals surface area contributed by atoms with E-state index >= 15 is 0 Å². The first-order chi connectivity index (χ1) is 7.36. The standard InChI is InChI=1S/C10H15N3OS.2ClH/c14-10(8-2-1-3-11-6-8)13-7-9-12-4-5-15-9;;/h4-5,8,11H,1-3,6-7H2,(H,13,14);2*1H/t8-;;/m1../s1. The van der Waals surface area contributed by atoms with Crippen LogP contribution in [0.2, 0.25) is 0 Å². The number of hydrogen-bond donors (Lipinski definition) is 2. The number of hydrogen-bond acceptors (Lipinski definition) is 4. The normalized spacial score (nSPS) is 18.7. The van der Waals surface area contributed by atoms with Gasteiger partial charge in [-0.05, 0) is 19.4 Å². The van der Waals surface area contributed by atoms with E-state index in [4.69, 9.17) is 0 Å². The van der Waals surface area contributed by atoms with Crippen molar-refractivity contribution in [2.45, 2.75) is 19.4 Å². The van der Waals surface area contributed by atoms with Gasteiger partial charge in [-0.25, -0.2) is 4.98 Å². The van der Waals surface area contributed by atoms with Crippen molar-refractivity contribution < 1.29 is 4.79 Å². The second kappa shape index (κ2) is 8.69. The third kappa shape index (κ3) is 5.21. The van der Waals surface area contributed by atoms with Crippen LogP contribution in [0.15, 0.2) is 11.6 Å². The van der Waals surface area contributed by atoms with Crippen molar-refractivity contribution in [1.29, 1.82) is 0 Å². The number of carbonyl (C=O) groups excluding carboxylic acids is 1. The lowest BCUT2D eigenvalue weighted by Gasteiger charge is -2.21. The molecule has 1 aromatic heterocycles. The quantitative estimate of drug-likeness (QED) is 0.891. The Morgan fingerprint density at radius 1 is 1.59 bits per heavy atom. The Hall–Kier alpha value is -0.360. The zero-order valence-corrected chi connectivity index (χ0v) is 11.8. The fraction of sp³-hybridized carbons (Fsp3) is 0.600. The molecule has 0 aromatic carbocycles. The van der Waals surface area contributed by atoms with Gasteiger partial charge in [0, 0.05) is 18.1 Å². The van der Waals surface area contributed by atoms with Gasteiger partial charge < -0.3 is 10.6 Å². The minimum Gasteiger partial charge on any atom is -0.349 e. The monoisotopic (exact) mass is 297 g/mol. The van der Waals surface area contributed by atoms with Gasteiger partial charge in [-0.15, -0.1) is 36.2 Å². The zero-order chi connectivity index (χ0) is 10.5. The Labute approximate surface area is 117 Å². The van der Waals surface area contributed by atoms with Crippen LogP contribution in [0.4, 0.5) is 0 Å². The van der Waals surface area contributed by atoms with E-state index in [-0.39, 0.29) is 36.6 Å². The van der Waals surface area contributed by atoms with Crippen LogP contribution < -0.4 is 10.6 Å². The largest absolute Gasteiger partial charge is 0.349 e. The number of piperidine rings is 1.